The number of methoxy groups -OCH3 is 1. The topological polar surface area (TPSA) is 52.3 Å². The smallest absolute Gasteiger partial charge is 0.306 e. The predicted molar refractivity (Wildman–Crippen MR) is 74.1 cm³/mol. The summed E-state index contributed by atoms with van der Waals surface area (Å²) in [6.07, 6.45) is 5.96. The van der Waals surface area contributed by atoms with Crippen LogP contribution in [0.3, 0.4) is 0 Å². The fraction of sp³-hybridized carbons (Fsp3) is 0.933. The van der Waals surface area contributed by atoms with E-state index in [2.05, 4.69) is 20.8 Å². The summed E-state index contributed by atoms with van der Waals surface area (Å²) in [6.45, 7) is 6.69. The SMILES string of the molecule is CCC(N)C1(CC(=O)OC)CCC(C(C)C)CC1. The first-order chi connectivity index (χ1) is 8.45. The van der Waals surface area contributed by atoms with Crippen LogP contribution in [0.1, 0.15) is 59.3 Å². The van der Waals surface area contributed by atoms with Gasteiger partial charge in [0, 0.05) is 6.04 Å². The van der Waals surface area contributed by atoms with Gasteiger partial charge in [0.25, 0.3) is 0 Å². The van der Waals surface area contributed by atoms with Crippen molar-refractivity contribution in [1.29, 1.82) is 0 Å². The second-order valence-corrected chi connectivity index (χ2v) is 6.21. The molecule has 0 spiro atoms. The van der Waals surface area contributed by atoms with Crippen molar-refractivity contribution in [3.05, 3.63) is 0 Å². The van der Waals surface area contributed by atoms with Gasteiger partial charge in [0.1, 0.15) is 0 Å². The average Bonchev–Trinajstić information content (AvgIpc) is 2.38. The van der Waals surface area contributed by atoms with Crippen LogP contribution in [0, 0.1) is 17.3 Å². The molecule has 0 amide bonds. The number of hydrogen-bond donors (Lipinski definition) is 1. The molecule has 0 aromatic heterocycles. The van der Waals surface area contributed by atoms with Gasteiger partial charge in [-0.1, -0.05) is 20.8 Å². The van der Waals surface area contributed by atoms with Crippen LogP contribution in [0.4, 0.5) is 0 Å². The molecule has 1 unspecified atom stereocenters. The molecule has 0 heterocycles. The summed E-state index contributed by atoms with van der Waals surface area (Å²) in [5.41, 5.74) is 6.28. The van der Waals surface area contributed by atoms with Crippen molar-refractivity contribution in [2.24, 2.45) is 23.0 Å². The van der Waals surface area contributed by atoms with Gasteiger partial charge >= 0.3 is 5.97 Å². The Balaban J connectivity index is 2.73. The fourth-order valence-corrected chi connectivity index (χ4v) is 3.35. The molecule has 0 radical (unpaired) electrons. The number of carbonyl (C=O) groups excluding carboxylic acids is 1. The molecular weight excluding hydrogens is 226 g/mol. The van der Waals surface area contributed by atoms with Crippen LogP contribution >= 0.6 is 0 Å². The molecule has 1 fully saturated rings. The monoisotopic (exact) mass is 255 g/mol. The van der Waals surface area contributed by atoms with E-state index in [1.807, 2.05) is 0 Å². The summed E-state index contributed by atoms with van der Waals surface area (Å²) in [4.78, 5) is 11.6. The van der Waals surface area contributed by atoms with Crippen molar-refractivity contribution in [2.75, 3.05) is 7.11 Å². The van der Waals surface area contributed by atoms with Crippen molar-refractivity contribution >= 4 is 5.97 Å². The molecule has 1 aliphatic rings. The molecule has 0 saturated heterocycles. The Bertz CT molecular complexity index is 268. The third-order valence-electron chi connectivity index (χ3n) is 4.92. The van der Waals surface area contributed by atoms with Gasteiger partial charge in [-0.05, 0) is 49.4 Å². The van der Waals surface area contributed by atoms with Gasteiger partial charge < -0.3 is 10.5 Å². The molecule has 0 aliphatic heterocycles. The van der Waals surface area contributed by atoms with E-state index >= 15 is 0 Å². The van der Waals surface area contributed by atoms with Gasteiger partial charge in [-0.2, -0.15) is 0 Å². The van der Waals surface area contributed by atoms with Crippen molar-refractivity contribution in [1.82, 2.24) is 0 Å². The number of carbonyl (C=O) groups is 1. The van der Waals surface area contributed by atoms with Crippen molar-refractivity contribution in [2.45, 2.75) is 65.3 Å². The molecule has 3 heteroatoms. The third kappa shape index (κ3) is 3.47. The minimum absolute atomic E-state index is 0.0206. The van der Waals surface area contributed by atoms with Crippen LogP contribution < -0.4 is 5.73 Å². The number of nitrogens with two attached hydrogens (primary N) is 1. The van der Waals surface area contributed by atoms with Crippen LogP contribution in [0.25, 0.3) is 0 Å². The zero-order valence-corrected chi connectivity index (χ0v) is 12.4. The van der Waals surface area contributed by atoms with Crippen LogP contribution in [0.15, 0.2) is 0 Å². The highest BCUT2D eigenvalue weighted by molar-refractivity contribution is 5.70. The summed E-state index contributed by atoms with van der Waals surface area (Å²) >= 11 is 0. The summed E-state index contributed by atoms with van der Waals surface area (Å²) in [5.74, 6) is 1.42. The van der Waals surface area contributed by atoms with Crippen LogP contribution in [-0.4, -0.2) is 19.1 Å². The molecule has 3 nitrogen and oxygen atoms in total. The maximum atomic E-state index is 11.6. The summed E-state index contributed by atoms with van der Waals surface area (Å²) in [7, 11) is 1.47. The normalized spacial score (nSPS) is 30.2. The maximum absolute atomic E-state index is 11.6. The molecule has 0 aromatic rings. The van der Waals surface area contributed by atoms with Crippen molar-refractivity contribution in [3.63, 3.8) is 0 Å². The van der Waals surface area contributed by atoms with Gasteiger partial charge in [-0.15, -0.1) is 0 Å². The zero-order valence-electron chi connectivity index (χ0n) is 12.4. The lowest BCUT2D eigenvalue weighted by Crippen LogP contribution is -2.46. The van der Waals surface area contributed by atoms with Gasteiger partial charge in [0.05, 0.1) is 13.5 Å². The van der Waals surface area contributed by atoms with E-state index in [1.54, 1.807) is 0 Å². The summed E-state index contributed by atoms with van der Waals surface area (Å²) in [5, 5.41) is 0. The van der Waals surface area contributed by atoms with E-state index in [1.165, 1.54) is 20.0 Å². The number of esters is 1. The van der Waals surface area contributed by atoms with Crippen LogP contribution in [0.5, 0.6) is 0 Å². The quantitative estimate of drug-likeness (QED) is 0.768. The highest BCUT2D eigenvalue weighted by Crippen LogP contribution is 2.46. The minimum Gasteiger partial charge on any atom is -0.469 e. The van der Waals surface area contributed by atoms with E-state index in [-0.39, 0.29) is 17.4 Å². The second-order valence-electron chi connectivity index (χ2n) is 6.21. The molecule has 0 bridgehead atoms. The fourth-order valence-electron chi connectivity index (χ4n) is 3.35. The lowest BCUT2D eigenvalue weighted by atomic mass is 9.62. The highest BCUT2D eigenvalue weighted by atomic mass is 16.5. The van der Waals surface area contributed by atoms with E-state index in [0.29, 0.717) is 6.42 Å². The van der Waals surface area contributed by atoms with Crippen LogP contribution in [-0.2, 0) is 9.53 Å². The first-order valence-corrected chi connectivity index (χ1v) is 7.27. The van der Waals surface area contributed by atoms with E-state index in [9.17, 15) is 4.79 Å². The van der Waals surface area contributed by atoms with Gasteiger partial charge in [-0.25, -0.2) is 0 Å². The van der Waals surface area contributed by atoms with Crippen LogP contribution in [0.2, 0.25) is 0 Å². The molecule has 2 N–H and O–H groups in total. The molecular formula is C15H29NO2. The second kappa shape index (κ2) is 6.55. The maximum Gasteiger partial charge on any atom is 0.306 e. The lowest BCUT2D eigenvalue weighted by Gasteiger charge is -2.44. The van der Waals surface area contributed by atoms with Gasteiger partial charge in [-0.3, -0.25) is 4.79 Å². The van der Waals surface area contributed by atoms with Gasteiger partial charge in [0.2, 0.25) is 0 Å². The third-order valence-corrected chi connectivity index (χ3v) is 4.92. The number of ether oxygens (including phenoxy) is 1. The Kier molecular flexibility index (Phi) is 5.64. The predicted octanol–water partition coefficient (Wildman–Crippen LogP) is 3.12. The molecule has 1 rings (SSSR count). The number of hydrogen-bond acceptors (Lipinski definition) is 3. The lowest BCUT2D eigenvalue weighted by molar-refractivity contribution is -0.144. The molecule has 18 heavy (non-hydrogen) atoms. The summed E-state index contributed by atoms with van der Waals surface area (Å²) in [6, 6.07) is 0.115. The first-order valence-electron chi connectivity index (χ1n) is 7.27. The highest BCUT2D eigenvalue weighted by Gasteiger charge is 2.41. The standard InChI is InChI=1S/C15H29NO2/c1-5-13(16)15(10-14(17)18-4)8-6-12(7-9-15)11(2)3/h11-13H,5-10,16H2,1-4H3. The first kappa shape index (κ1) is 15.5. The Morgan fingerprint density at radius 3 is 2.33 bits per heavy atom. The average molecular weight is 255 g/mol. The molecule has 106 valence electrons. The molecule has 1 atom stereocenters. The Labute approximate surface area is 111 Å². The van der Waals surface area contributed by atoms with Crippen molar-refractivity contribution < 1.29 is 9.53 Å². The Morgan fingerprint density at radius 2 is 1.94 bits per heavy atom. The van der Waals surface area contributed by atoms with Gasteiger partial charge in [0.15, 0.2) is 0 Å². The van der Waals surface area contributed by atoms with Crippen molar-refractivity contribution in [3.8, 4) is 0 Å². The Hall–Kier alpha value is -0.570. The molecule has 0 aromatic carbocycles. The minimum atomic E-state index is -0.109. The van der Waals surface area contributed by atoms with E-state index < -0.39 is 0 Å². The Morgan fingerprint density at radius 1 is 1.39 bits per heavy atom. The van der Waals surface area contributed by atoms with E-state index in [0.717, 1.165) is 31.1 Å². The summed E-state index contributed by atoms with van der Waals surface area (Å²) < 4.78 is 4.85. The molecule has 1 aliphatic carbocycles. The molecule has 1 saturated carbocycles. The number of rotatable bonds is 5. The largest absolute Gasteiger partial charge is 0.469 e. The zero-order chi connectivity index (χ0) is 13.8. The van der Waals surface area contributed by atoms with E-state index in [4.69, 9.17) is 10.5 Å².